The lowest BCUT2D eigenvalue weighted by molar-refractivity contribution is -0.188. The third kappa shape index (κ3) is 1.33. The summed E-state index contributed by atoms with van der Waals surface area (Å²) in [7, 11) is 0. The molecule has 0 spiro atoms. The first-order valence-electron chi connectivity index (χ1n) is 7.95. The highest BCUT2D eigenvalue weighted by molar-refractivity contribution is 5.78. The van der Waals surface area contributed by atoms with Crippen molar-refractivity contribution in [1.29, 1.82) is 0 Å². The lowest BCUT2D eigenvalue weighted by Gasteiger charge is -2.58. The third-order valence-electron chi connectivity index (χ3n) is 6.20. The number of para-hydroxylation sites is 1. The fraction of sp³-hybridized carbons (Fsp3) is 0.556. The van der Waals surface area contributed by atoms with E-state index in [1.54, 1.807) is 0 Å². The standard InChI is InChI=1S/C18H20O2/c19-18(17-10-13-3-1-2-4-16(13)20-17)14-6-11-5-12(8-14)9-15(18)7-11/h1-4,10-12,14-15,19H,5-9H2. The summed E-state index contributed by atoms with van der Waals surface area (Å²) in [5.41, 5.74) is 0.205. The molecule has 0 amide bonds. The van der Waals surface area contributed by atoms with Gasteiger partial charge in [-0.15, -0.1) is 0 Å². The lowest BCUT2D eigenvalue weighted by atomic mass is 9.49. The van der Waals surface area contributed by atoms with Crippen molar-refractivity contribution in [2.45, 2.75) is 37.7 Å². The SMILES string of the molecule is OC1(c2cc3ccccc3o2)C2CC3CC(C2)CC1C3. The van der Waals surface area contributed by atoms with E-state index in [0.29, 0.717) is 11.8 Å². The molecule has 104 valence electrons. The lowest BCUT2D eigenvalue weighted by Crippen LogP contribution is -2.55. The van der Waals surface area contributed by atoms with E-state index in [0.717, 1.165) is 28.6 Å². The van der Waals surface area contributed by atoms with Gasteiger partial charge in [0, 0.05) is 5.39 Å². The summed E-state index contributed by atoms with van der Waals surface area (Å²) in [5, 5.41) is 12.6. The maximum atomic E-state index is 11.5. The van der Waals surface area contributed by atoms with Crippen LogP contribution in [0.15, 0.2) is 34.7 Å². The molecule has 0 saturated heterocycles. The number of furan rings is 1. The molecule has 2 aromatic rings. The van der Waals surface area contributed by atoms with Crippen LogP contribution in [0.2, 0.25) is 0 Å². The molecule has 2 heteroatoms. The molecule has 4 aliphatic carbocycles. The van der Waals surface area contributed by atoms with Crippen molar-refractivity contribution in [1.82, 2.24) is 0 Å². The summed E-state index contributed by atoms with van der Waals surface area (Å²) in [6, 6.07) is 10.2. The van der Waals surface area contributed by atoms with Crippen LogP contribution in [0.25, 0.3) is 11.0 Å². The van der Waals surface area contributed by atoms with E-state index in [1.165, 1.54) is 32.1 Å². The Balaban J connectivity index is 1.65. The molecular weight excluding hydrogens is 248 g/mol. The average Bonchev–Trinajstić information content (AvgIpc) is 2.88. The van der Waals surface area contributed by atoms with E-state index in [1.807, 2.05) is 18.2 Å². The second-order valence-corrected chi connectivity index (χ2v) is 7.28. The van der Waals surface area contributed by atoms with Gasteiger partial charge in [0.25, 0.3) is 0 Å². The number of aliphatic hydroxyl groups is 1. The fourth-order valence-corrected chi connectivity index (χ4v) is 5.48. The van der Waals surface area contributed by atoms with E-state index in [9.17, 15) is 5.11 Å². The summed E-state index contributed by atoms with van der Waals surface area (Å²) in [6.45, 7) is 0. The van der Waals surface area contributed by atoms with Gasteiger partial charge in [-0.25, -0.2) is 0 Å². The molecule has 0 unspecified atom stereocenters. The molecule has 1 heterocycles. The van der Waals surface area contributed by atoms with Gasteiger partial charge < -0.3 is 9.52 Å². The zero-order valence-corrected chi connectivity index (χ0v) is 11.6. The van der Waals surface area contributed by atoms with Crippen molar-refractivity contribution in [2.75, 3.05) is 0 Å². The molecule has 0 atom stereocenters. The van der Waals surface area contributed by atoms with Crippen LogP contribution in [0.4, 0.5) is 0 Å². The quantitative estimate of drug-likeness (QED) is 0.845. The fourth-order valence-electron chi connectivity index (χ4n) is 5.48. The predicted molar refractivity (Wildman–Crippen MR) is 77.2 cm³/mol. The molecular formula is C18H20O2. The molecule has 6 rings (SSSR count). The summed E-state index contributed by atoms with van der Waals surface area (Å²) in [4.78, 5) is 0. The van der Waals surface area contributed by atoms with Gasteiger partial charge in [-0.2, -0.15) is 0 Å². The largest absolute Gasteiger partial charge is 0.458 e. The van der Waals surface area contributed by atoms with Gasteiger partial charge in [0.05, 0.1) is 0 Å². The molecule has 2 nitrogen and oxygen atoms in total. The highest BCUT2D eigenvalue weighted by atomic mass is 16.4. The summed E-state index contributed by atoms with van der Waals surface area (Å²) < 4.78 is 6.05. The summed E-state index contributed by atoms with van der Waals surface area (Å²) in [6.07, 6.45) is 6.19. The van der Waals surface area contributed by atoms with Crippen LogP contribution in [0.1, 0.15) is 37.9 Å². The van der Waals surface area contributed by atoms with E-state index < -0.39 is 5.60 Å². The minimum absolute atomic E-state index is 0.416. The predicted octanol–water partition coefficient (Wildman–Crippen LogP) is 4.08. The molecule has 1 N–H and O–H groups in total. The summed E-state index contributed by atoms with van der Waals surface area (Å²) in [5.74, 6) is 3.38. The molecule has 1 aromatic carbocycles. The van der Waals surface area contributed by atoms with Crippen molar-refractivity contribution in [3.05, 3.63) is 36.1 Å². The molecule has 4 saturated carbocycles. The zero-order valence-electron chi connectivity index (χ0n) is 11.6. The Morgan fingerprint density at radius 1 is 0.950 bits per heavy atom. The van der Waals surface area contributed by atoms with Gasteiger partial charge in [-0.3, -0.25) is 0 Å². The second kappa shape index (κ2) is 3.67. The Hall–Kier alpha value is -1.28. The van der Waals surface area contributed by atoms with Crippen LogP contribution in [0.5, 0.6) is 0 Å². The van der Waals surface area contributed by atoms with Crippen molar-refractivity contribution in [3.63, 3.8) is 0 Å². The van der Waals surface area contributed by atoms with E-state index in [4.69, 9.17) is 4.42 Å². The molecule has 20 heavy (non-hydrogen) atoms. The minimum atomic E-state index is -0.702. The van der Waals surface area contributed by atoms with Crippen LogP contribution in [0.3, 0.4) is 0 Å². The van der Waals surface area contributed by atoms with Gasteiger partial charge in [-0.05, 0) is 67.9 Å². The van der Waals surface area contributed by atoms with Gasteiger partial charge >= 0.3 is 0 Å². The average molecular weight is 268 g/mol. The number of hydrogen-bond donors (Lipinski definition) is 1. The first-order chi connectivity index (χ1) is 9.73. The van der Waals surface area contributed by atoms with Gasteiger partial charge in [0.1, 0.15) is 16.9 Å². The number of hydrogen-bond acceptors (Lipinski definition) is 2. The molecule has 4 aliphatic rings. The molecule has 1 aromatic heterocycles. The van der Waals surface area contributed by atoms with E-state index in [2.05, 4.69) is 12.1 Å². The maximum Gasteiger partial charge on any atom is 0.137 e. The van der Waals surface area contributed by atoms with Crippen LogP contribution >= 0.6 is 0 Å². The molecule has 4 fully saturated rings. The topological polar surface area (TPSA) is 33.4 Å². The molecule has 0 aliphatic heterocycles. The van der Waals surface area contributed by atoms with E-state index >= 15 is 0 Å². The molecule has 4 bridgehead atoms. The van der Waals surface area contributed by atoms with Crippen molar-refractivity contribution < 1.29 is 9.52 Å². The smallest absolute Gasteiger partial charge is 0.137 e. The Bertz CT molecular complexity index is 608. The number of rotatable bonds is 1. The van der Waals surface area contributed by atoms with Gasteiger partial charge in [-0.1, -0.05) is 18.2 Å². The van der Waals surface area contributed by atoms with Crippen molar-refractivity contribution >= 4 is 11.0 Å². The van der Waals surface area contributed by atoms with Gasteiger partial charge in [0.15, 0.2) is 0 Å². The highest BCUT2D eigenvalue weighted by Gasteiger charge is 2.58. The first-order valence-corrected chi connectivity index (χ1v) is 7.95. The molecule has 0 radical (unpaired) electrons. The van der Waals surface area contributed by atoms with Gasteiger partial charge in [0.2, 0.25) is 0 Å². The second-order valence-electron chi connectivity index (χ2n) is 7.28. The van der Waals surface area contributed by atoms with E-state index in [-0.39, 0.29) is 0 Å². The monoisotopic (exact) mass is 268 g/mol. The van der Waals surface area contributed by atoms with Crippen molar-refractivity contribution in [3.8, 4) is 0 Å². The third-order valence-corrected chi connectivity index (χ3v) is 6.20. The Kier molecular flexibility index (Phi) is 2.09. The Morgan fingerprint density at radius 2 is 1.60 bits per heavy atom. The first kappa shape index (κ1) is 11.4. The van der Waals surface area contributed by atoms with Crippen LogP contribution < -0.4 is 0 Å². The minimum Gasteiger partial charge on any atom is -0.458 e. The summed E-state index contributed by atoms with van der Waals surface area (Å²) >= 11 is 0. The normalized spacial score (nSPS) is 42.5. The zero-order chi connectivity index (χ0) is 13.3. The van der Waals surface area contributed by atoms with Crippen molar-refractivity contribution in [2.24, 2.45) is 23.7 Å². The van der Waals surface area contributed by atoms with Crippen LogP contribution in [0, 0.1) is 23.7 Å². The maximum absolute atomic E-state index is 11.5. The highest BCUT2D eigenvalue weighted by Crippen LogP contribution is 2.62. The number of fused-ring (bicyclic) bond motifs is 1. The Labute approximate surface area is 118 Å². The van der Waals surface area contributed by atoms with Crippen LogP contribution in [-0.2, 0) is 5.60 Å². The van der Waals surface area contributed by atoms with Crippen LogP contribution in [-0.4, -0.2) is 5.11 Å². The number of benzene rings is 1. The Morgan fingerprint density at radius 3 is 2.25 bits per heavy atom.